The van der Waals surface area contributed by atoms with E-state index in [4.69, 9.17) is 11.8 Å². The van der Waals surface area contributed by atoms with E-state index in [0.717, 1.165) is 0 Å². The standard InChI is InChI=1S/C8H6ClNO2S/c9-10-13(11,12)7-6-8-4-2-1-3-5-8/h1-5,10H. The van der Waals surface area contributed by atoms with Gasteiger partial charge in [-0.1, -0.05) is 18.2 Å². The molecule has 68 valence electrons. The quantitative estimate of drug-likeness (QED) is 0.563. The van der Waals surface area contributed by atoms with Gasteiger partial charge in [-0.2, -0.15) is 8.42 Å². The van der Waals surface area contributed by atoms with Gasteiger partial charge in [0.25, 0.3) is 10.0 Å². The number of hydrogen-bond acceptors (Lipinski definition) is 2. The molecule has 0 aliphatic heterocycles. The Kier molecular flexibility index (Phi) is 3.32. The van der Waals surface area contributed by atoms with Gasteiger partial charge in [0.05, 0.1) is 5.25 Å². The first-order valence-electron chi connectivity index (χ1n) is 3.34. The second-order valence-electron chi connectivity index (χ2n) is 2.17. The lowest BCUT2D eigenvalue weighted by Crippen LogP contribution is -2.09. The summed E-state index contributed by atoms with van der Waals surface area (Å²) in [5, 5.41) is 2.00. The van der Waals surface area contributed by atoms with E-state index in [1.807, 2.05) is 11.3 Å². The van der Waals surface area contributed by atoms with Crippen molar-refractivity contribution in [3.05, 3.63) is 35.9 Å². The molecule has 0 heterocycles. The zero-order valence-electron chi connectivity index (χ0n) is 6.49. The number of halogens is 1. The monoisotopic (exact) mass is 215 g/mol. The van der Waals surface area contributed by atoms with Crippen molar-refractivity contribution in [3.8, 4) is 11.2 Å². The Morgan fingerprint density at radius 2 is 1.85 bits per heavy atom. The average molecular weight is 216 g/mol. The minimum atomic E-state index is -3.66. The maximum atomic E-state index is 10.8. The van der Waals surface area contributed by atoms with Crippen LogP contribution in [0.3, 0.4) is 0 Å². The fraction of sp³-hybridized carbons (Fsp3) is 0. The number of hydrogen-bond donors (Lipinski definition) is 1. The van der Waals surface area contributed by atoms with Crippen LogP contribution in [-0.2, 0) is 10.0 Å². The summed E-state index contributed by atoms with van der Waals surface area (Å²) >= 11 is 4.92. The Bertz CT molecular complexity index is 430. The molecule has 0 aromatic heterocycles. The van der Waals surface area contributed by atoms with Crippen molar-refractivity contribution in [2.45, 2.75) is 0 Å². The topological polar surface area (TPSA) is 46.2 Å². The smallest absolute Gasteiger partial charge is 0.197 e. The molecule has 0 atom stereocenters. The predicted octanol–water partition coefficient (Wildman–Crippen LogP) is 1.07. The number of sulfonamides is 1. The SMILES string of the molecule is O=S(=O)(C#Cc1ccccc1)NCl. The minimum Gasteiger partial charge on any atom is -0.197 e. The van der Waals surface area contributed by atoms with Gasteiger partial charge in [0.2, 0.25) is 0 Å². The van der Waals surface area contributed by atoms with Gasteiger partial charge in [0.1, 0.15) is 0 Å². The Labute approximate surface area is 81.9 Å². The average Bonchev–Trinajstić information content (AvgIpc) is 2.17. The Balaban J connectivity index is 2.92. The molecule has 0 aliphatic rings. The lowest BCUT2D eigenvalue weighted by atomic mass is 10.2. The normalized spacial score (nSPS) is 10.2. The second-order valence-corrected chi connectivity index (χ2v) is 4.00. The minimum absolute atomic E-state index is 0.623. The summed E-state index contributed by atoms with van der Waals surface area (Å²) in [5.74, 6) is 2.45. The van der Waals surface area contributed by atoms with Crippen molar-refractivity contribution in [1.29, 1.82) is 0 Å². The fourth-order valence-corrected chi connectivity index (χ4v) is 1.07. The number of benzene rings is 1. The molecular formula is C8H6ClNO2S. The van der Waals surface area contributed by atoms with Crippen molar-refractivity contribution in [1.82, 2.24) is 4.24 Å². The van der Waals surface area contributed by atoms with E-state index < -0.39 is 10.0 Å². The first kappa shape index (κ1) is 10.1. The molecule has 1 aromatic rings. The summed E-state index contributed by atoms with van der Waals surface area (Å²) in [5.41, 5.74) is 0.623. The molecule has 3 nitrogen and oxygen atoms in total. The fourth-order valence-electron chi connectivity index (χ4n) is 0.667. The molecule has 0 radical (unpaired) electrons. The van der Waals surface area contributed by atoms with Crippen LogP contribution in [-0.4, -0.2) is 8.42 Å². The summed E-state index contributed by atoms with van der Waals surface area (Å²) in [6.07, 6.45) is 0. The Hall–Kier alpha value is -1.02. The lowest BCUT2D eigenvalue weighted by molar-refractivity contribution is 0.604. The molecule has 1 N–H and O–H groups in total. The highest BCUT2D eigenvalue weighted by Gasteiger charge is 1.99. The van der Waals surface area contributed by atoms with Crippen molar-refractivity contribution in [2.75, 3.05) is 0 Å². The van der Waals surface area contributed by atoms with Gasteiger partial charge in [0.15, 0.2) is 0 Å². The molecule has 1 rings (SSSR count). The molecule has 0 fully saturated rings. The van der Waals surface area contributed by atoms with Crippen molar-refractivity contribution in [2.24, 2.45) is 0 Å². The molecule has 0 saturated heterocycles. The molecular weight excluding hydrogens is 210 g/mol. The van der Waals surface area contributed by atoms with E-state index in [1.165, 1.54) is 0 Å². The molecule has 0 spiro atoms. The van der Waals surface area contributed by atoms with E-state index in [9.17, 15) is 8.42 Å². The summed E-state index contributed by atoms with van der Waals surface area (Å²) < 4.78 is 23.1. The molecule has 5 heteroatoms. The first-order valence-corrected chi connectivity index (χ1v) is 5.20. The molecule has 0 unspecified atom stereocenters. The summed E-state index contributed by atoms with van der Waals surface area (Å²) in [7, 11) is -3.66. The van der Waals surface area contributed by atoms with Gasteiger partial charge < -0.3 is 0 Å². The number of nitrogens with one attached hydrogen (secondary N) is 1. The zero-order chi connectivity index (χ0) is 9.73. The summed E-state index contributed by atoms with van der Waals surface area (Å²) in [6, 6.07) is 8.77. The predicted molar refractivity (Wildman–Crippen MR) is 51.2 cm³/mol. The van der Waals surface area contributed by atoms with Crippen LogP contribution in [0.2, 0.25) is 0 Å². The van der Waals surface area contributed by atoms with Crippen LogP contribution in [0.15, 0.2) is 30.3 Å². The molecule has 0 bridgehead atoms. The summed E-state index contributed by atoms with van der Waals surface area (Å²) in [4.78, 5) is 0. The highest BCUT2D eigenvalue weighted by atomic mass is 35.5. The van der Waals surface area contributed by atoms with Crippen LogP contribution < -0.4 is 4.24 Å². The molecule has 0 aliphatic carbocycles. The van der Waals surface area contributed by atoms with Crippen LogP contribution in [0.5, 0.6) is 0 Å². The Morgan fingerprint density at radius 1 is 1.23 bits per heavy atom. The van der Waals surface area contributed by atoms with Gasteiger partial charge in [-0.25, -0.2) is 0 Å². The maximum absolute atomic E-state index is 10.8. The highest BCUT2D eigenvalue weighted by Crippen LogP contribution is 1.95. The van der Waals surface area contributed by atoms with Crippen LogP contribution >= 0.6 is 11.8 Å². The second kappa shape index (κ2) is 4.28. The highest BCUT2D eigenvalue weighted by molar-refractivity contribution is 7.95. The van der Waals surface area contributed by atoms with Gasteiger partial charge in [0, 0.05) is 5.56 Å². The third-order valence-electron chi connectivity index (χ3n) is 1.21. The molecule has 0 saturated carbocycles. The maximum Gasteiger partial charge on any atom is 0.294 e. The van der Waals surface area contributed by atoms with Crippen LogP contribution in [0.1, 0.15) is 5.56 Å². The van der Waals surface area contributed by atoms with Crippen molar-refractivity contribution < 1.29 is 8.42 Å². The Morgan fingerprint density at radius 3 is 2.38 bits per heavy atom. The van der Waals surface area contributed by atoms with E-state index >= 15 is 0 Å². The van der Waals surface area contributed by atoms with Crippen LogP contribution in [0, 0.1) is 11.2 Å². The molecule has 1 aromatic carbocycles. The lowest BCUT2D eigenvalue weighted by Gasteiger charge is -1.87. The largest absolute Gasteiger partial charge is 0.294 e. The van der Waals surface area contributed by atoms with Gasteiger partial charge >= 0.3 is 0 Å². The third kappa shape index (κ3) is 3.47. The van der Waals surface area contributed by atoms with Crippen molar-refractivity contribution in [3.63, 3.8) is 0 Å². The molecule has 0 amide bonds. The van der Waals surface area contributed by atoms with Gasteiger partial charge in [-0.15, -0.1) is 4.24 Å². The summed E-state index contributed by atoms with van der Waals surface area (Å²) in [6.45, 7) is 0. The van der Waals surface area contributed by atoms with Gasteiger partial charge in [-0.05, 0) is 29.8 Å². The van der Waals surface area contributed by atoms with Crippen LogP contribution in [0.4, 0.5) is 0 Å². The van der Waals surface area contributed by atoms with Crippen molar-refractivity contribution >= 4 is 21.8 Å². The zero-order valence-corrected chi connectivity index (χ0v) is 8.06. The van der Waals surface area contributed by atoms with Crippen LogP contribution in [0.25, 0.3) is 0 Å². The molecule has 13 heavy (non-hydrogen) atoms. The third-order valence-corrected chi connectivity index (χ3v) is 2.39. The van der Waals surface area contributed by atoms with Gasteiger partial charge in [-0.3, -0.25) is 0 Å². The van der Waals surface area contributed by atoms with E-state index in [2.05, 4.69) is 5.92 Å². The van der Waals surface area contributed by atoms with E-state index in [1.54, 1.807) is 28.5 Å². The number of rotatable bonds is 1. The van der Waals surface area contributed by atoms with E-state index in [-0.39, 0.29) is 0 Å². The van der Waals surface area contributed by atoms with E-state index in [0.29, 0.717) is 5.56 Å². The first-order chi connectivity index (χ1) is 6.14.